The quantitative estimate of drug-likeness (QED) is 0.477. The summed E-state index contributed by atoms with van der Waals surface area (Å²) in [6.07, 6.45) is 0.0319. The molecule has 0 aliphatic rings. The second-order valence-electron chi connectivity index (χ2n) is 6.39. The van der Waals surface area contributed by atoms with Crippen LogP contribution in [0, 0.1) is 20.8 Å². The van der Waals surface area contributed by atoms with Crippen LogP contribution in [0.3, 0.4) is 0 Å². The zero-order valence-corrected chi connectivity index (χ0v) is 17.2. The van der Waals surface area contributed by atoms with Crippen LogP contribution < -0.4 is 9.47 Å². The minimum Gasteiger partial charge on any atom is -0.496 e. The molecule has 0 bridgehead atoms. The fourth-order valence-electron chi connectivity index (χ4n) is 3.24. The molecule has 0 amide bonds. The van der Waals surface area contributed by atoms with Gasteiger partial charge in [-0.1, -0.05) is 28.3 Å². The number of aryl methyl sites for hydroxylation is 3. The summed E-state index contributed by atoms with van der Waals surface area (Å²) < 4.78 is 23.0. The van der Waals surface area contributed by atoms with Gasteiger partial charge < -0.3 is 9.47 Å². The Morgan fingerprint density at radius 2 is 1.44 bits per heavy atom. The molecule has 0 radical (unpaired) electrons. The first-order chi connectivity index (χ1) is 12.8. The maximum Gasteiger partial charge on any atom is 0.420 e. The Hall–Kier alpha value is -2.52. The standard InChI is InChI=1S/C21H24O5P/c1-13-11-14(2)19(15(3)12-13)16(22)9-10-27(24)21(23)20-17(25-4)7-6-8-18(20)26-5/h6-8,11-12H,9-10H2,1-5H3/q+1. The monoisotopic (exact) mass is 387 g/mol. The third-order valence-electron chi connectivity index (χ3n) is 4.37. The lowest BCUT2D eigenvalue weighted by Gasteiger charge is -2.09. The Labute approximate surface area is 160 Å². The summed E-state index contributed by atoms with van der Waals surface area (Å²) in [5.41, 5.74) is 3.11. The van der Waals surface area contributed by atoms with Crippen LogP contribution in [0.5, 0.6) is 11.5 Å². The van der Waals surface area contributed by atoms with E-state index in [0.717, 1.165) is 16.7 Å². The SMILES string of the molecule is COc1cccc(OC)c1C(=O)[P+](=O)CCC(=O)c1c(C)cc(C)cc1C. The van der Waals surface area contributed by atoms with Crippen LogP contribution in [0.25, 0.3) is 0 Å². The van der Waals surface area contributed by atoms with E-state index in [1.54, 1.807) is 18.2 Å². The van der Waals surface area contributed by atoms with Gasteiger partial charge in [-0.15, -0.1) is 0 Å². The smallest absolute Gasteiger partial charge is 0.420 e. The van der Waals surface area contributed by atoms with Crippen LogP contribution in [0.2, 0.25) is 0 Å². The number of carbonyl (C=O) groups excluding carboxylic acids is 2. The molecule has 142 valence electrons. The third kappa shape index (κ3) is 4.61. The molecule has 2 aromatic carbocycles. The van der Waals surface area contributed by atoms with E-state index in [1.165, 1.54) is 14.2 Å². The summed E-state index contributed by atoms with van der Waals surface area (Å²) in [6, 6.07) is 8.82. The summed E-state index contributed by atoms with van der Waals surface area (Å²) >= 11 is 0. The first kappa shape index (κ1) is 20.8. The van der Waals surface area contributed by atoms with E-state index in [9.17, 15) is 14.2 Å². The number of hydrogen-bond donors (Lipinski definition) is 0. The number of hydrogen-bond acceptors (Lipinski definition) is 5. The van der Waals surface area contributed by atoms with Crippen LogP contribution in [0.1, 0.15) is 43.8 Å². The highest BCUT2D eigenvalue weighted by Crippen LogP contribution is 2.38. The van der Waals surface area contributed by atoms with Crippen molar-refractivity contribution in [2.45, 2.75) is 27.2 Å². The second kappa shape index (κ2) is 8.92. The molecule has 0 heterocycles. The third-order valence-corrected chi connectivity index (χ3v) is 5.67. The molecule has 1 unspecified atom stereocenters. The van der Waals surface area contributed by atoms with Crippen molar-refractivity contribution in [1.29, 1.82) is 0 Å². The van der Waals surface area contributed by atoms with Crippen molar-refractivity contribution in [2.75, 3.05) is 20.4 Å². The second-order valence-corrected chi connectivity index (χ2v) is 8.00. The highest BCUT2D eigenvalue weighted by molar-refractivity contribution is 7.64. The molecule has 0 aliphatic heterocycles. The van der Waals surface area contributed by atoms with Crippen LogP contribution in [-0.4, -0.2) is 31.7 Å². The molecule has 5 nitrogen and oxygen atoms in total. The summed E-state index contributed by atoms with van der Waals surface area (Å²) in [5, 5.41) is 0. The number of ketones is 1. The number of rotatable bonds is 8. The maximum atomic E-state index is 12.7. The first-order valence-corrected chi connectivity index (χ1v) is 10.1. The van der Waals surface area contributed by atoms with E-state index in [1.807, 2.05) is 32.9 Å². The van der Waals surface area contributed by atoms with Gasteiger partial charge in [0.2, 0.25) is 0 Å². The molecule has 2 rings (SSSR count). The fourth-order valence-corrected chi connectivity index (χ4v) is 4.32. The topological polar surface area (TPSA) is 69.7 Å². The Balaban J connectivity index is 2.17. The fraction of sp³-hybridized carbons (Fsp3) is 0.333. The van der Waals surface area contributed by atoms with E-state index in [-0.39, 0.29) is 23.9 Å². The number of benzene rings is 2. The van der Waals surface area contributed by atoms with E-state index in [2.05, 4.69) is 0 Å². The lowest BCUT2D eigenvalue weighted by molar-refractivity contribution is 0.0988. The van der Waals surface area contributed by atoms with Crippen molar-refractivity contribution in [3.63, 3.8) is 0 Å². The maximum absolute atomic E-state index is 12.7. The molecule has 0 N–H and O–H groups in total. The van der Waals surface area contributed by atoms with Crippen molar-refractivity contribution in [3.8, 4) is 11.5 Å². The van der Waals surface area contributed by atoms with Gasteiger partial charge in [-0.25, -0.2) is 4.79 Å². The lowest BCUT2D eigenvalue weighted by Crippen LogP contribution is -2.08. The molecule has 0 saturated heterocycles. The van der Waals surface area contributed by atoms with Gasteiger partial charge in [0.05, 0.1) is 20.6 Å². The minimum atomic E-state index is -2.28. The summed E-state index contributed by atoms with van der Waals surface area (Å²) in [7, 11) is 0.591. The van der Waals surface area contributed by atoms with Crippen LogP contribution >= 0.6 is 7.80 Å². The molecule has 27 heavy (non-hydrogen) atoms. The van der Waals surface area contributed by atoms with Gasteiger partial charge in [0.15, 0.2) is 17.5 Å². The van der Waals surface area contributed by atoms with Crippen LogP contribution in [-0.2, 0) is 4.57 Å². The van der Waals surface area contributed by atoms with E-state index < -0.39 is 13.3 Å². The molecule has 0 fully saturated rings. The Morgan fingerprint density at radius 1 is 0.926 bits per heavy atom. The Bertz CT molecular complexity index is 856. The number of ether oxygens (including phenoxy) is 2. The van der Waals surface area contributed by atoms with Crippen LogP contribution in [0.4, 0.5) is 0 Å². The molecule has 0 aliphatic carbocycles. The Morgan fingerprint density at radius 3 is 1.93 bits per heavy atom. The normalized spacial score (nSPS) is 11.1. The van der Waals surface area contributed by atoms with Crippen molar-refractivity contribution >= 4 is 19.1 Å². The van der Waals surface area contributed by atoms with Gasteiger partial charge in [0, 0.05) is 5.56 Å². The van der Waals surface area contributed by atoms with Gasteiger partial charge >= 0.3 is 13.3 Å². The highest BCUT2D eigenvalue weighted by atomic mass is 31.1. The average Bonchev–Trinajstić information content (AvgIpc) is 2.63. The van der Waals surface area contributed by atoms with Gasteiger partial charge in [-0.05, 0) is 44.0 Å². The average molecular weight is 387 g/mol. The molecular formula is C21H24O5P+. The summed E-state index contributed by atoms with van der Waals surface area (Å²) in [4.78, 5) is 25.3. The molecule has 0 spiro atoms. The molecule has 2 aromatic rings. The largest absolute Gasteiger partial charge is 0.496 e. The van der Waals surface area contributed by atoms with Gasteiger partial charge in [0.25, 0.3) is 0 Å². The van der Waals surface area contributed by atoms with E-state index in [0.29, 0.717) is 17.1 Å². The molecule has 6 heteroatoms. The number of methoxy groups -OCH3 is 2. The zero-order valence-electron chi connectivity index (χ0n) is 16.3. The van der Waals surface area contributed by atoms with Gasteiger partial charge in [-0.3, -0.25) is 4.79 Å². The lowest BCUT2D eigenvalue weighted by atomic mass is 9.96. The minimum absolute atomic E-state index is 0.0129. The van der Waals surface area contributed by atoms with Gasteiger partial charge in [0.1, 0.15) is 11.5 Å². The predicted octanol–water partition coefficient (Wildman–Crippen LogP) is 4.87. The van der Waals surface area contributed by atoms with Gasteiger partial charge in [-0.2, -0.15) is 0 Å². The van der Waals surface area contributed by atoms with Crippen molar-refractivity contribution in [2.24, 2.45) is 0 Å². The highest BCUT2D eigenvalue weighted by Gasteiger charge is 2.35. The van der Waals surface area contributed by atoms with Crippen LogP contribution in [0.15, 0.2) is 30.3 Å². The summed E-state index contributed by atoms with van der Waals surface area (Å²) in [6.45, 7) is 5.75. The summed E-state index contributed by atoms with van der Waals surface area (Å²) in [5.74, 6) is 0.506. The molecule has 1 atom stereocenters. The molecular weight excluding hydrogens is 363 g/mol. The van der Waals surface area contributed by atoms with Crippen molar-refractivity contribution in [1.82, 2.24) is 0 Å². The molecule has 0 saturated carbocycles. The van der Waals surface area contributed by atoms with E-state index in [4.69, 9.17) is 9.47 Å². The molecule has 0 aromatic heterocycles. The van der Waals surface area contributed by atoms with Crippen molar-refractivity contribution in [3.05, 3.63) is 58.1 Å². The van der Waals surface area contributed by atoms with E-state index >= 15 is 0 Å². The first-order valence-electron chi connectivity index (χ1n) is 8.61. The number of carbonyl (C=O) groups is 2. The Kier molecular flexibility index (Phi) is 6.86. The predicted molar refractivity (Wildman–Crippen MR) is 106 cm³/mol. The van der Waals surface area contributed by atoms with Crippen molar-refractivity contribution < 1.29 is 23.6 Å². The zero-order chi connectivity index (χ0) is 20.1. The number of Topliss-reactive ketones (excluding diaryl/α,β-unsaturated/α-hetero) is 1.